The SMILES string of the molecule is O=C(NCCSCCCO)c1cc([N+](=O)[O-])c(F)cc1F. The minimum absolute atomic E-state index is 0.0871. The highest BCUT2D eigenvalue weighted by Gasteiger charge is 2.22. The molecule has 116 valence electrons. The van der Waals surface area contributed by atoms with Gasteiger partial charge in [0.25, 0.3) is 5.91 Å². The van der Waals surface area contributed by atoms with Crippen LogP contribution >= 0.6 is 11.8 Å². The van der Waals surface area contributed by atoms with E-state index in [1.807, 2.05) is 0 Å². The summed E-state index contributed by atoms with van der Waals surface area (Å²) >= 11 is 1.49. The van der Waals surface area contributed by atoms with Crippen molar-refractivity contribution in [3.63, 3.8) is 0 Å². The zero-order valence-corrected chi connectivity index (χ0v) is 11.8. The van der Waals surface area contributed by atoms with Gasteiger partial charge in [0.05, 0.1) is 10.5 Å². The summed E-state index contributed by atoms with van der Waals surface area (Å²) in [6.07, 6.45) is 0.636. The molecule has 0 spiro atoms. The molecule has 0 saturated heterocycles. The Balaban J connectivity index is 2.61. The number of carbonyl (C=O) groups is 1. The lowest BCUT2D eigenvalue weighted by Gasteiger charge is -2.06. The second-order valence-electron chi connectivity index (χ2n) is 3.99. The topological polar surface area (TPSA) is 92.5 Å². The van der Waals surface area contributed by atoms with Crippen molar-refractivity contribution in [1.29, 1.82) is 0 Å². The second-order valence-corrected chi connectivity index (χ2v) is 5.21. The van der Waals surface area contributed by atoms with E-state index in [1.165, 1.54) is 11.8 Å². The molecule has 0 bridgehead atoms. The maximum Gasteiger partial charge on any atom is 0.305 e. The van der Waals surface area contributed by atoms with E-state index in [2.05, 4.69) is 5.32 Å². The van der Waals surface area contributed by atoms with Crippen molar-refractivity contribution in [1.82, 2.24) is 5.32 Å². The van der Waals surface area contributed by atoms with Crippen molar-refractivity contribution in [3.8, 4) is 0 Å². The zero-order valence-electron chi connectivity index (χ0n) is 11.0. The first-order valence-electron chi connectivity index (χ1n) is 6.07. The lowest BCUT2D eigenvalue weighted by atomic mass is 10.1. The molecule has 2 N–H and O–H groups in total. The summed E-state index contributed by atoms with van der Waals surface area (Å²) in [6.45, 7) is 0.323. The van der Waals surface area contributed by atoms with Crippen molar-refractivity contribution in [3.05, 3.63) is 39.4 Å². The van der Waals surface area contributed by atoms with Crippen LogP contribution in [-0.4, -0.2) is 40.6 Å². The summed E-state index contributed by atoms with van der Waals surface area (Å²) < 4.78 is 26.6. The van der Waals surface area contributed by atoms with Crippen LogP contribution in [0, 0.1) is 21.7 Å². The molecule has 9 heteroatoms. The predicted molar refractivity (Wildman–Crippen MR) is 74.4 cm³/mol. The van der Waals surface area contributed by atoms with E-state index >= 15 is 0 Å². The van der Waals surface area contributed by atoms with Crippen molar-refractivity contribution in [2.75, 3.05) is 24.7 Å². The smallest absolute Gasteiger partial charge is 0.305 e. The van der Waals surface area contributed by atoms with Crippen LogP contribution in [0.25, 0.3) is 0 Å². The third-order valence-corrected chi connectivity index (χ3v) is 3.53. The summed E-state index contributed by atoms with van der Waals surface area (Å²) in [6, 6.07) is 0.905. The van der Waals surface area contributed by atoms with Gasteiger partial charge in [-0.05, 0) is 12.2 Å². The normalized spacial score (nSPS) is 10.4. The molecule has 1 aromatic carbocycles. The first-order valence-corrected chi connectivity index (χ1v) is 7.23. The van der Waals surface area contributed by atoms with Gasteiger partial charge in [0.15, 0.2) is 0 Å². The highest BCUT2D eigenvalue weighted by atomic mass is 32.2. The quantitative estimate of drug-likeness (QED) is 0.432. The minimum Gasteiger partial charge on any atom is -0.396 e. The molecule has 0 heterocycles. The van der Waals surface area contributed by atoms with E-state index in [4.69, 9.17) is 5.11 Å². The van der Waals surface area contributed by atoms with E-state index in [1.54, 1.807) is 0 Å². The summed E-state index contributed by atoms with van der Waals surface area (Å²) in [5, 5.41) is 21.5. The van der Waals surface area contributed by atoms with Crippen LogP contribution in [0.4, 0.5) is 14.5 Å². The Morgan fingerprint density at radius 3 is 2.67 bits per heavy atom. The number of nitro benzene ring substituents is 1. The fraction of sp³-hybridized carbons (Fsp3) is 0.417. The minimum atomic E-state index is -1.33. The van der Waals surface area contributed by atoms with Gasteiger partial charge >= 0.3 is 5.69 Å². The van der Waals surface area contributed by atoms with Crippen LogP contribution in [0.15, 0.2) is 12.1 Å². The molecule has 0 saturated carbocycles. The number of halogens is 2. The van der Waals surface area contributed by atoms with Gasteiger partial charge in [-0.3, -0.25) is 14.9 Å². The van der Waals surface area contributed by atoms with Gasteiger partial charge in [-0.1, -0.05) is 0 Å². The number of hydrogen-bond donors (Lipinski definition) is 2. The molecule has 0 aliphatic heterocycles. The largest absolute Gasteiger partial charge is 0.396 e. The number of carbonyl (C=O) groups excluding carboxylic acids is 1. The molecule has 0 aliphatic carbocycles. The number of benzene rings is 1. The Kier molecular flexibility index (Phi) is 7.03. The summed E-state index contributed by atoms with van der Waals surface area (Å²) in [5.41, 5.74) is -1.51. The third-order valence-electron chi connectivity index (χ3n) is 2.46. The average molecular weight is 320 g/mol. The van der Waals surface area contributed by atoms with Crippen LogP contribution in [0.5, 0.6) is 0 Å². The van der Waals surface area contributed by atoms with Crippen molar-refractivity contribution in [2.45, 2.75) is 6.42 Å². The second kappa shape index (κ2) is 8.53. The molecule has 1 amide bonds. The fourth-order valence-electron chi connectivity index (χ4n) is 1.45. The maximum absolute atomic E-state index is 13.5. The van der Waals surface area contributed by atoms with E-state index in [0.717, 1.165) is 5.75 Å². The third kappa shape index (κ3) is 5.27. The predicted octanol–water partition coefficient (Wildman–Crippen LogP) is 1.72. The van der Waals surface area contributed by atoms with E-state index in [0.29, 0.717) is 24.3 Å². The van der Waals surface area contributed by atoms with Crippen LogP contribution in [0.1, 0.15) is 16.8 Å². The van der Waals surface area contributed by atoms with E-state index < -0.39 is 33.7 Å². The Morgan fingerprint density at radius 1 is 1.33 bits per heavy atom. The Bertz CT molecular complexity index is 528. The van der Waals surface area contributed by atoms with Crippen LogP contribution in [0.3, 0.4) is 0 Å². The lowest BCUT2D eigenvalue weighted by molar-refractivity contribution is -0.387. The number of aliphatic hydroxyl groups is 1. The summed E-state index contributed by atoms with van der Waals surface area (Å²) in [7, 11) is 0. The maximum atomic E-state index is 13.5. The molecular formula is C12H14F2N2O4S. The van der Waals surface area contributed by atoms with Gasteiger partial charge in [0.2, 0.25) is 5.82 Å². The standard InChI is InChI=1S/C12H14F2N2O4S/c13-9-7-10(14)11(16(19)20)6-8(9)12(18)15-2-5-21-4-1-3-17/h6-7,17H,1-5H2,(H,15,18). The van der Waals surface area contributed by atoms with E-state index in [9.17, 15) is 23.7 Å². The molecule has 0 atom stereocenters. The molecule has 0 fully saturated rings. The zero-order chi connectivity index (χ0) is 15.8. The molecule has 0 aromatic heterocycles. The molecule has 21 heavy (non-hydrogen) atoms. The highest BCUT2D eigenvalue weighted by molar-refractivity contribution is 7.99. The van der Waals surface area contributed by atoms with Crippen molar-refractivity contribution in [2.24, 2.45) is 0 Å². The van der Waals surface area contributed by atoms with Gasteiger partial charge in [-0.25, -0.2) is 4.39 Å². The molecule has 0 radical (unpaired) electrons. The summed E-state index contributed by atoms with van der Waals surface area (Å²) in [5.74, 6) is -2.03. The Labute approximate surface area is 123 Å². The monoisotopic (exact) mass is 320 g/mol. The number of nitrogens with zero attached hydrogens (tertiary/aromatic N) is 1. The Hall–Kier alpha value is -1.74. The van der Waals surface area contributed by atoms with Gasteiger partial charge in [-0.2, -0.15) is 16.2 Å². The van der Waals surface area contributed by atoms with E-state index in [-0.39, 0.29) is 13.2 Å². The highest BCUT2D eigenvalue weighted by Crippen LogP contribution is 2.21. The van der Waals surface area contributed by atoms with Gasteiger partial charge < -0.3 is 10.4 Å². The van der Waals surface area contributed by atoms with Gasteiger partial charge in [0, 0.05) is 31.0 Å². The van der Waals surface area contributed by atoms with Gasteiger partial charge in [0.1, 0.15) is 5.82 Å². The lowest BCUT2D eigenvalue weighted by Crippen LogP contribution is -2.27. The molecule has 1 aromatic rings. The molecule has 0 aliphatic rings. The Morgan fingerprint density at radius 2 is 2.05 bits per heavy atom. The average Bonchev–Trinajstić information content (AvgIpc) is 2.42. The number of thioether (sulfide) groups is 1. The number of hydrogen-bond acceptors (Lipinski definition) is 5. The summed E-state index contributed by atoms with van der Waals surface area (Å²) in [4.78, 5) is 21.2. The van der Waals surface area contributed by atoms with Crippen molar-refractivity contribution < 1.29 is 23.6 Å². The number of amides is 1. The molecule has 6 nitrogen and oxygen atoms in total. The molecule has 0 unspecified atom stereocenters. The number of nitro groups is 1. The van der Waals surface area contributed by atoms with Crippen LogP contribution in [-0.2, 0) is 0 Å². The number of nitrogens with one attached hydrogen (secondary N) is 1. The van der Waals surface area contributed by atoms with Crippen LogP contribution in [0.2, 0.25) is 0 Å². The number of rotatable bonds is 8. The molecular weight excluding hydrogens is 306 g/mol. The number of aliphatic hydroxyl groups excluding tert-OH is 1. The molecule has 1 rings (SSSR count). The first kappa shape index (κ1) is 17.3. The van der Waals surface area contributed by atoms with Gasteiger partial charge in [-0.15, -0.1) is 0 Å². The van der Waals surface area contributed by atoms with Crippen LogP contribution < -0.4 is 5.32 Å². The fourth-order valence-corrected chi connectivity index (χ4v) is 2.24. The van der Waals surface area contributed by atoms with Crippen molar-refractivity contribution >= 4 is 23.4 Å². The first-order chi connectivity index (χ1) is 9.97.